The molecule has 4 nitrogen and oxygen atoms in total. The van der Waals surface area contributed by atoms with Crippen LogP contribution in [0.4, 0.5) is 5.69 Å². The van der Waals surface area contributed by atoms with Crippen molar-refractivity contribution in [2.24, 2.45) is 0 Å². The number of hydrogen-bond donors (Lipinski definition) is 1. The van der Waals surface area contributed by atoms with Gasteiger partial charge in [0.2, 0.25) is 0 Å². The number of Topliss-reactive ketones (excluding diaryl/α,β-unsaturated/α-hetero) is 1. The Morgan fingerprint density at radius 3 is 2.78 bits per heavy atom. The lowest BCUT2D eigenvalue weighted by atomic mass is 10.2. The molecule has 5 heteroatoms. The number of carbonyl (C=O) groups excluding carboxylic acids is 1. The number of halogens is 1. The van der Waals surface area contributed by atoms with Crippen molar-refractivity contribution in [1.29, 1.82) is 0 Å². The molecule has 1 heterocycles. The van der Waals surface area contributed by atoms with Crippen LogP contribution in [0.1, 0.15) is 17.4 Å². The monoisotopic (exact) mass is 262 g/mol. The van der Waals surface area contributed by atoms with Crippen molar-refractivity contribution in [3.05, 3.63) is 47.2 Å². The molecule has 0 atom stereocenters. The molecule has 0 aliphatic heterocycles. The minimum Gasteiger partial charge on any atom is -0.456 e. The Kier molecular flexibility index (Phi) is 3.48. The number of aromatic nitrogens is 1. The van der Waals surface area contributed by atoms with E-state index in [1.165, 1.54) is 13.1 Å². The minimum absolute atomic E-state index is 0.121. The average Bonchev–Trinajstić information content (AvgIpc) is 2.33. The molecule has 0 aliphatic rings. The van der Waals surface area contributed by atoms with Crippen LogP contribution >= 0.6 is 11.6 Å². The lowest BCUT2D eigenvalue weighted by Gasteiger charge is -2.08. The van der Waals surface area contributed by atoms with Crippen molar-refractivity contribution in [1.82, 2.24) is 4.98 Å². The third kappa shape index (κ3) is 2.78. The number of nitrogens with two attached hydrogens (primary N) is 1. The first kappa shape index (κ1) is 12.4. The lowest BCUT2D eigenvalue weighted by molar-refractivity contribution is 0.101. The molecule has 0 spiro atoms. The van der Waals surface area contributed by atoms with E-state index in [0.29, 0.717) is 27.9 Å². The summed E-state index contributed by atoms with van der Waals surface area (Å²) in [6, 6.07) is 8.18. The Balaban J connectivity index is 2.28. The Labute approximate surface area is 109 Å². The van der Waals surface area contributed by atoms with Gasteiger partial charge in [0.15, 0.2) is 5.78 Å². The summed E-state index contributed by atoms with van der Waals surface area (Å²) in [4.78, 5) is 15.1. The Bertz CT molecular complexity index is 599. The highest BCUT2D eigenvalue weighted by Gasteiger charge is 2.06. The van der Waals surface area contributed by atoms with Crippen LogP contribution < -0.4 is 10.5 Å². The summed E-state index contributed by atoms with van der Waals surface area (Å²) in [6.45, 7) is 1.45. The van der Waals surface area contributed by atoms with Crippen molar-refractivity contribution in [3.8, 4) is 11.5 Å². The highest BCUT2D eigenvalue weighted by molar-refractivity contribution is 6.32. The van der Waals surface area contributed by atoms with Gasteiger partial charge in [-0.05, 0) is 24.3 Å². The zero-order valence-electron chi connectivity index (χ0n) is 9.68. The zero-order valence-corrected chi connectivity index (χ0v) is 10.4. The molecule has 1 aromatic carbocycles. The van der Waals surface area contributed by atoms with Crippen molar-refractivity contribution < 1.29 is 9.53 Å². The van der Waals surface area contributed by atoms with Crippen LogP contribution in [-0.2, 0) is 0 Å². The van der Waals surface area contributed by atoms with E-state index in [1.807, 2.05) is 0 Å². The van der Waals surface area contributed by atoms with Crippen LogP contribution in [0.5, 0.6) is 11.5 Å². The molecule has 1 aromatic heterocycles. The smallest absolute Gasteiger partial charge is 0.178 e. The zero-order chi connectivity index (χ0) is 13.1. The molecule has 2 aromatic rings. The van der Waals surface area contributed by atoms with Crippen LogP contribution in [0.15, 0.2) is 36.5 Å². The van der Waals surface area contributed by atoms with E-state index < -0.39 is 0 Å². The topological polar surface area (TPSA) is 65.2 Å². The number of carbonyl (C=O) groups is 1. The summed E-state index contributed by atoms with van der Waals surface area (Å²) in [5.74, 6) is 0.859. The molecule has 2 rings (SSSR count). The molecule has 92 valence electrons. The molecule has 2 N–H and O–H groups in total. The second-order valence-electron chi connectivity index (χ2n) is 3.72. The number of ether oxygens (including phenoxy) is 1. The summed E-state index contributed by atoms with van der Waals surface area (Å²) < 4.78 is 5.58. The summed E-state index contributed by atoms with van der Waals surface area (Å²) in [5, 5.41) is 0.413. The molecule has 0 amide bonds. The molecule has 0 unspecified atom stereocenters. The summed E-state index contributed by atoms with van der Waals surface area (Å²) >= 11 is 5.99. The van der Waals surface area contributed by atoms with Gasteiger partial charge in [-0.15, -0.1) is 0 Å². The van der Waals surface area contributed by atoms with E-state index in [0.717, 1.165) is 0 Å². The summed E-state index contributed by atoms with van der Waals surface area (Å²) in [5.41, 5.74) is 6.50. The maximum absolute atomic E-state index is 11.2. The van der Waals surface area contributed by atoms with Crippen molar-refractivity contribution in [3.63, 3.8) is 0 Å². The van der Waals surface area contributed by atoms with E-state index in [9.17, 15) is 4.79 Å². The van der Waals surface area contributed by atoms with E-state index in [2.05, 4.69) is 4.98 Å². The first-order valence-corrected chi connectivity index (χ1v) is 5.64. The van der Waals surface area contributed by atoms with Crippen LogP contribution in [0.25, 0.3) is 0 Å². The number of nitrogen functional groups attached to an aromatic ring is 1. The number of nitrogens with zero attached hydrogens (tertiary/aromatic N) is 1. The second kappa shape index (κ2) is 5.06. The number of pyridine rings is 1. The molecule has 0 bridgehead atoms. The van der Waals surface area contributed by atoms with Crippen LogP contribution in [0.3, 0.4) is 0 Å². The first-order chi connectivity index (χ1) is 8.56. The number of hydrogen-bond acceptors (Lipinski definition) is 4. The molecule has 0 saturated carbocycles. The maximum atomic E-state index is 11.2. The number of anilines is 1. The molecule has 0 aliphatic carbocycles. The van der Waals surface area contributed by atoms with Gasteiger partial charge in [-0.2, -0.15) is 0 Å². The highest BCUT2D eigenvalue weighted by atomic mass is 35.5. The molecule has 0 radical (unpaired) electrons. The average molecular weight is 263 g/mol. The Hall–Kier alpha value is -2.07. The lowest BCUT2D eigenvalue weighted by Crippen LogP contribution is -1.96. The van der Waals surface area contributed by atoms with Gasteiger partial charge in [-0.25, -0.2) is 0 Å². The van der Waals surface area contributed by atoms with Gasteiger partial charge in [0.05, 0.1) is 5.02 Å². The quantitative estimate of drug-likeness (QED) is 0.681. The SMILES string of the molecule is CC(=O)c1cc(Oc2ccc(N)cc2Cl)ccn1. The molecule has 18 heavy (non-hydrogen) atoms. The van der Waals surface area contributed by atoms with Gasteiger partial charge < -0.3 is 10.5 Å². The van der Waals surface area contributed by atoms with E-state index >= 15 is 0 Å². The molecule has 0 saturated heterocycles. The Morgan fingerprint density at radius 2 is 2.11 bits per heavy atom. The largest absolute Gasteiger partial charge is 0.456 e. The third-order valence-corrected chi connectivity index (χ3v) is 2.57. The van der Waals surface area contributed by atoms with Gasteiger partial charge in [0, 0.05) is 24.9 Å². The Morgan fingerprint density at radius 1 is 1.33 bits per heavy atom. The van der Waals surface area contributed by atoms with Crippen molar-refractivity contribution in [2.75, 3.05) is 5.73 Å². The van der Waals surface area contributed by atoms with Crippen molar-refractivity contribution >= 4 is 23.1 Å². The van der Waals surface area contributed by atoms with Gasteiger partial charge in [-0.3, -0.25) is 9.78 Å². The van der Waals surface area contributed by atoms with E-state index in [4.69, 9.17) is 22.1 Å². The van der Waals surface area contributed by atoms with E-state index in [-0.39, 0.29) is 5.78 Å². The van der Waals surface area contributed by atoms with Gasteiger partial charge in [0.1, 0.15) is 17.2 Å². The number of ketones is 1. The van der Waals surface area contributed by atoms with Gasteiger partial charge in [0.25, 0.3) is 0 Å². The van der Waals surface area contributed by atoms with Gasteiger partial charge >= 0.3 is 0 Å². The predicted molar refractivity (Wildman–Crippen MR) is 70.2 cm³/mol. The number of rotatable bonds is 3. The fourth-order valence-electron chi connectivity index (χ4n) is 1.39. The van der Waals surface area contributed by atoms with Crippen molar-refractivity contribution in [2.45, 2.75) is 6.92 Å². The summed E-state index contributed by atoms with van der Waals surface area (Å²) in [6.07, 6.45) is 1.51. The standard InChI is InChI=1S/C13H11ClN2O2/c1-8(17)12-7-10(4-5-16-12)18-13-3-2-9(15)6-11(13)14/h2-7H,15H2,1H3. The maximum Gasteiger partial charge on any atom is 0.178 e. The van der Waals surface area contributed by atoms with Gasteiger partial charge in [-0.1, -0.05) is 11.6 Å². The normalized spacial score (nSPS) is 10.1. The fourth-order valence-corrected chi connectivity index (χ4v) is 1.62. The molecule has 0 fully saturated rings. The predicted octanol–water partition coefficient (Wildman–Crippen LogP) is 3.31. The van der Waals surface area contributed by atoms with Crippen LogP contribution in [0.2, 0.25) is 5.02 Å². The van der Waals surface area contributed by atoms with Crippen LogP contribution in [-0.4, -0.2) is 10.8 Å². The minimum atomic E-state index is -0.121. The molecular formula is C13H11ClN2O2. The molecular weight excluding hydrogens is 252 g/mol. The van der Waals surface area contributed by atoms with Crippen LogP contribution in [0, 0.1) is 0 Å². The second-order valence-corrected chi connectivity index (χ2v) is 4.13. The number of benzene rings is 1. The fraction of sp³-hybridized carbons (Fsp3) is 0.0769. The van der Waals surface area contributed by atoms with E-state index in [1.54, 1.807) is 30.3 Å². The third-order valence-electron chi connectivity index (χ3n) is 2.28. The highest BCUT2D eigenvalue weighted by Crippen LogP contribution is 2.30. The summed E-state index contributed by atoms with van der Waals surface area (Å²) in [7, 11) is 0. The first-order valence-electron chi connectivity index (χ1n) is 5.26.